The van der Waals surface area contributed by atoms with Crippen LogP contribution in [0.2, 0.25) is 0 Å². The molecule has 2 aliphatic rings. The Morgan fingerprint density at radius 3 is 2.70 bits per heavy atom. The first-order chi connectivity index (χ1) is 14.4. The third-order valence-electron chi connectivity index (χ3n) is 5.81. The maximum Gasteiger partial charge on any atom is 0.243 e. The molecule has 162 valence electrons. The Hall–Kier alpha value is -1.78. The van der Waals surface area contributed by atoms with Crippen molar-refractivity contribution in [3.05, 3.63) is 40.4 Å². The van der Waals surface area contributed by atoms with E-state index in [9.17, 15) is 13.2 Å². The van der Waals surface area contributed by atoms with Crippen LogP contribution in [0.25, 0.3) is 0 Å². The number of sulfonamides is 1. The zero-order valence-corrected chi connectivity index (χ0v) is 19.2. The second-order valence-electron chi connectivity index (χ2n) is 7.87. The van der Waals surface area contributed by atoms with Crippen molar-refractivity contribution in [1.29, 1.82) is 0 Å². The fourth-order valence-electron chi connectivity index (χ4n) is 4.12. The maximum atomic E-state index is 13.0. The summed E-state index contributed by atoms with van der Waals surface area (Å²) in [5.74, 6) is 1.27. The van der Waals surface area contributed by atoms with E-state index in [4.69, 9.17) is 0 Å². The van der Waals surface area contributed by atoms with Gasteiger partial charge in [-0.25, -0.2) is 8.42 Å². The molecular weight excluding hydrogens is 470 g/mol. The molecule has 1 fully saturated rings. The molecule has 2 aromatic rings. The minimum atomic E-state index is -3.61. The Morgan fingerprint density at radius 2 is 1.90 bits per heavy atom. The number of piperidine rings is 1. The van der Waals surface area contributed by atoms with Crippen molar-refractivity contribution in [3.8, 4) is 0 Å². The highest BCUT2D eigenvalue weighted by Gasteiger charge is 2.33. The fourth-order valence-corrected chi connectivity index (χ4v) is 5.91. The molecule has 1 N–H and O–H groups in total. The molecule has 1 aromatic carbocycles. The van der Waals surface area contributed by atoms with Gasteiger partial charge < -0.3 is 9.88 Å². The summed E-state index contributed by atoms with van der Waals surface area (Å²) in [6.45, 7) is 1.83. The number of rotatable bonds is 5. The predicted molar refractivity (Wildman–Crippen MR) is 115 cm³/mol. The van der Waals surface area contributed by atoms with Crippen LogP contribution in [0.4, 0.5) is 0 Å². The first-order valence-electron chi connectivity index (χ1n) is 10.4. The molecule has 0 saturated carbocycles. The van der Waals surface area contributed by atoms with Gasteiger partial charge in [0.2, 0.25) is 15.9 Å². The molecule has 1 atom stereocenters. The topological polar surface area (TPSA) is 97.2 Å². The largest absolute Gasteiger partial charge is 0.349 e. The number of fused-ring (bicyclic) bond motifs is 1. The number of halogens is 1. The van der Waals surface area contributed by atoms with Crippen molar-refractivity contribution < 1.29 is 13.2 Å². The average Bonchev–Trinajstić information content (AvgIpc) is 2.98. The first kappa shape index (κ1) is 21.5. The lowest BCUT2D eigenvalue weighted by atomic mass is 9.99. The number of hydrogen-bond donors (Lipinski definition) is 1. The molecule has 0 radical (unpaired) electrons. The lowest BCUT2D eigenvalue weighted by Crippen LogP contribution is -2.45. The smallest absolute Gasteiger partial charge is 0.243 e. The number of hydrogen-bond acceptors (Lipinski definition) is 5. The number of carbonyl (C=O) groups is 1. The van der Waals surface area contributed by atoms with E-state index in [-0.39, 0.29) is 23.3 Å². The number of nitrogens with one attached hydrogen (secondary N) is 1. The Bertz CT molecular complexity index is 1010. The minimum Gasteiger partial charge on any atom is -0.349 e. The van der Waals surface area contributed by atoms with Gasteiger partial charge in [-0.15, -0.1) is 10.2 Å². The van der Waals surface area contributed by atoms with E-state index in [1.165, 1.54) is 10.7 Å². The summed E-state index contributed by atoms with van der Waals surface area (Å²) in [7, 11) is -3.61. The molecule has 0 spiro atoms. The van der Waals surface area contributed by atoms with Gasteiger partial charge >= 0.3 is 0 Å². The van der Waals surface area contributed by atoms with Crippen LogP contribution in [0.15, 0.2) is 33.6 Å². The quantitative estimate of drug-likeness (QED) is 0.686. The number of benzene rings is 1. The molecule has 1 unspecified atom stereocenters. The summed E-state index contributed by atoms with van der Waals surface area (Å²) in [6.07, 6.45) is 5.66. The van der Waals surface area contributed by atoms with Crippen LogP contribution >= 0.6 is 15.9 Å². The normalized spacial score (nSPS) is 20.4. The molecule has 4 rings (SSSR count). The fraction of sp³-hybridized carbons (Fsp3) is 0.550. The van der Waals surface area contributed by atoms with E-state index >= 15 is 0 Å². The molecule has 1 amide bonds. The van der Waals surface area contributed by atoms with Crippen molar-refractivity contribution in [2.45, 2.75) is 56.5 Å². The highest BCUT2D eigenvalue weighted by molar-refractivity contribution is 9.10. The van der Waals surface area contributed by atoms with Gasteiger partial charge in [-0.3, -0.25) is 4.79 Å². The van der Waals surface area contributed by atoms with E-state index in [0.29, 0.717) is 25.9 Å². The van der Waals surface area contributed by atoms with Crippen molar-refractivity contribution in [2.75, 3.05) is 13.1 Å². The highest BCUT2D eigenvalue weighted by atomic mass is 79.9. The lowest BCUT2D eigenvalue weighted by molar-refractivity contribution is -0.126. The Balaban J connectivity index is 1.39. The van der Waals surface area contributed by atoms with Gasteiger partial charge in [-0.1, -0.05) is 22.4 Å². The van der Waals surface area contributed by atoms with Gasteiger partial charge in [0.25, 0.3) is 0 Å². The minimum absolute atomic E-state index is 0.128. The standard InChI is InChI=1S/C20H26BrN5O3S/c21-16-7-9-17(10-8-16)30(28,29)25-11-4-5-15(14-25)20(27)22-13-19-24-23-18-6-2-1-3-12-26(18)19/h7-10,15H,1-6,11-14H2,(H,22,27). The van der Waals surface area contributed by atoms with Gasteiger partial charge in [-0.2, -0.15) is 4.31 Å². The predicted octanol–water partition coefficient (Wildman–Crippen LogP) is 2.48. The summed E-state index contributed by atoms with van der Waals surface area (Å²) >= 11 is 3.32. The zero-order valence-electron chi connectivity index (χ0n) is 16.8. The summed E-state index contributed by atoms with van der Waals surface area (Å²) < 4.78 is 30.3. The van der Waals surface area contributed by atoms with Crippen LogP contribution < -0.4 is 5.32 Å². The molecule has 0 bridgehead atoms. The van der Waals surface area contributed by atoms with Crippen molar-refractivity contribution in [3.63, 3.8) is 0 Å². The van der Waals surface area contributed by atoms with Gasteiger partial charge in [0.05, 0.1) is 17.4 Å². The summed E-state index contributed by atoms with van der Waals surface area (Å²) in [4.78, 5) is 13.0. The van der Waals surface area contributed by atoms with E-state index in [1.54, 1.807) is 24.3 Å². The van der Waals surface area contributed by atoms with Crippen LogP contribution in [0, 0.1) is 5.92 Å². The number of nitrogens with zero attached hydrogens (tertiary/aromatic N) is 4. The molecule has 8 nitrogen and oxygen atoms in total. The van der Waals surface area contributed by atoms with E-state index in [2.05, 4.69) is 36.0 Å². The second-order valence-corrected chi connectivity index (χ2v) is 10.7. The lowest BCUT2D eigenvalue weighted by Gasteiger charge is -2.31. The third-order valence-corrected chi connectivity index (χ3v) is 8.22. The number of aryl methyl sites for hydroxylation is 1. The molecule has 3 heterocycles. The van der Waals surface area contributed by atoms with Crippen LogP contribution in [-0.4, -0.2) is 46.5 Å². The summed E-state index contributed by atoms with van der Waals surface area (Å²) in [5.41, 5.74) is 0. The number of carbonyl (C=O) groups excluding carboxylic acids is 1. The van der Waals surface area contributed by atoms with Crippen molar-refractivity contribution >= 4 is 31.9 Å². The Labute approximate surface area is 185 Å². The highest BCUT2D eigenvalue weighted by Crippen LogP contribution is 2.25. The molecule has 1 saturated heterocycles. The zero-order chi connectivity index (χ0) is 21.1. The first-order valence-corrected chi connectivity index (χ1v) is 12.6. The molecule has 0 aliphatic carbocycles. The Morgan fingerprint density at radius 1 is 1.10 bits per heavy atom. The SMILES string of the molecule is O=C(NCc1nnc2n1CCCCC2)C1CCCN(S(=O)(=O)c2ccc(Br)cc2)C1. The van der Waals surface area contributed by atoms with Gasteiger partial charge in [0.15, 0.2) is 5.82 Å². The number of amides is 1. The Kier molecular flexibility index (Phi) is 6.54. The summed E-state index contributed by atoms with van der Waals surface area (Å²) in [5, 5.41) is 11.5. The molecule has 30 heavy (non-hydrogen) atoms. The van der Waals surface area contributed by atoms with Crippen LogP contribution in [0.3, 0.4) is 0 Å². The van der Waals surface area contributed by atoms with Crippen LogP contribution in [0.5, 0.6) is 0 Å². The molecule has 1 aromatic heterocycles. The second kappa shape index (κ2) is 9.15. The molecular formula is C20H26BrN5O3S. The third kappa shape index (κ3) is 4.60. The van der Waals surface area contributed by atoms with Gasteiger partial charge in [0, 0.05) is 30.5 Å². The summed E-state index contributed by atoms with van der Waals surface area (Å²) in [6, 6.07) is 6.59. The van der Waals surface area contributed by atoms with Crippen LogP contribution in [-0.2, 0) is 34.3 Å². The maximum absolute atomic E-state index is 13.0. The average molecular weight is 496 g/mol. The van der Waals surface area contributed by atoms with Gasteiger partial charge in [0.1, 0.15) is 5.82 Å². The van der Waals surface area contributed by atoms with Crippen molar-refractivity contribution in [1.82, 2.24) is 24.4 Å². The van der Waals surface area contributed by atoms with E-state index in [0.717, 1.165) is 41.9 Å². The number of aromatic nitrogens is 3. The van der Waals surface area contributed by atoms with Gasteiger partial charge in [-0.05, 0) is 49.9 Å². The van der Waals surface area contributed by atoms with Crippen LogP contribution in [0.1, 0.15) is 43.8 Å². The van der Waals surface area contributed by atoms with Crippen molar-refractivity contribution in [2.24, 2.45) is 5.92 Å². The monoisotopic (exact) mass is 495 g/mol. The molecule has 10 heteroatoms. The van der Waals surface area contributed by atoms with E-state index in [1.807, 2.05) is 0 Å². The molecule has 2 aliphatic heterocycles. The van der Waals surface area contributed by atoms with E-state index < -0.39 is 10.0 Å².